The Labute approximate surface area is 195 Å². The zero-order valence-corrected chi connectivity index (χ0v) is 20.5. The van der Waals surface area contributed by atoms with Gasteiger partial charge >= 0.3 is 6.16 Å². The summed E-state index contributed by atoms with van der Waals surface area (Å²) in [5.41, 5.74) is 1.63. The molecule has 0 unspecified atom stereocenters. The summed E-state index contributed by atoms with van der Waals surface area (Å²) in [4.78, 5) is 25.0. The maximum Gasteiger partial charge on any atom is 0.513 e. The lowest BCUT2D eigenvalue weighted by Crippen LogP contribution is -2.24. The number of hydrogen-bond acceptors (Lipinski definition) is 6. The lowest BCUT2D eigenvalue weighted by atomic mass is 9.79. The molecule has 178 valence electrons. The molecular weight excluding hydrogens is 420 g/mol. The molecule has 1 aromatic rings. The Bertz CT molecular complexity index is 1030. The second-order valence-electron chi connectivity index (χ2n) is 9.95. The van der Waals surface area contributed by atoms with Gasteiger partial charge in [-0.3, -0.25) is 4.79 Å². The number of ether oxygens (including phenoxy) is 2. The molecule has 1 aliphatic rings. The van der Waals surface area contributed by atoms with E-state index in [1.165, 1.54) is 7.11 Å². The van der Waals surface area contributed by atoms with Crippen LogP contribution in [-0.4, -0.2) is 30.5 Å². The normalized spacial score (nSPS) is 14.7. The second-order valence-corrected chi connectivity index (χ2v) is 9.95. The molecule has 0 atom stereocenters. The van der Waals surface area contributed by atoms with Crippen molar-refractivity contribution in [3.63, 3.8) is 0 Å². The highest BCUT2D eigenvalue weighted by Crippen LogP contribution is 2.40. The van der Waals surface area contributed by atoms with E-state index in [-0.39, 0.29) is 27.9 Å². The highest BCUT2D eigenvalue weighted by Gasteiger charge is 2.28. The first kappa shape index (κ1) is 25.9. The standard InChI is InChI=1S/C26H34N2O5/c1-25(2,3)18-13-19(26(4,5)6)21(33-24(31)32-7)14-20(18)28-23(30)17(15-27)22(29)16-11-9-8-10-12-16/h9,11-15,27,29H,8,10H2,1-7H3,(H,28,30). The Hall–Kier alpha value is -3.35. The Morgan fingerprint density at radius 1 is 1.06 bits per heavy atom. The molecule has 0 heterocycles. The van der Waals surface area contributed by atoms with E-state index in [1.807, 2.05) is 59.8 Å². The minimum Gasteiger partial charge on any atom is -0.506 e. The zero-order valence-electron chi connectivity index (χ0n) is 20.5. The van der Waals surface area contributed by atoms with Crippen molar-refractivity contribution in [3.05, 3.63) is 58.4 Å². The third-order valence-electron chi connectivity index (χ3n) is 5.26. The summed E-state index contributed by atoms with van der Waals surface area (Å²) in [5.74, 6) is -0.631. The fourth-order valence-electron chi connectivity index (χ4n) is 3.48. The van der Waals surface area contributed by atoms with Gasteiger partial charge in [-0.2, -0.15) is 0 Å². The summed E-state index contributed by atoms with van der Waals surface area (Å²) >= 11 is 0. The van der Waals surface area contributed by atoms with Crippen LogP contribution in [0.4, 0.5) is 10.5 Å². The van der Waals surface area contributed by atoms with Crippen LogP contribution in [0, 0.1) is 5.41 Å². The van der Waals surface area contributed by atoms with Crippen molar-refractivity contribution in [1.29, 1.82) is 5.41 Å². The Kier molecular flexibility index (Phi) is 7.90. The van der Waals surface area contributed by atoms with E-state index in [9.17, 15) is 14.7 Å². The Balaban J connectivity index is 2.61. The molecule has 1 aliphatic carbocycles. The number of benzene rings is 1. The van der Waals surface area contributed by atoms with Gasteiger partial charge in [0.2, 0.25) is 0 Å². The number of carbonyl (C=O) groups is 2. The molecule has 0 fully saturated rings. The number of carbonyl (C=O) groups excluding carboxylic acids is 2. The monoisotopic (exact) mass is 454 g/mol. The SMILES string of the molecule is COC(=O)Oc1cc(NC(=O)C(C=N)=C(O)C2=CCCC=C2)c(C(C)(C)C)cc1C(C)(C)C. The molecular formula is C26H34N2O5. The van der Waals surface area contributed by atoms with Crippen molar-refractivity contribution in [3.8, 4) is 5.75 Å². The van der Waals surface area contributed by atoms with Crippen LogP contribution in [0.3, 0.4) is 0 Å². The molecule has 0 bridgehead atoms. The summed E-state index contributed by atoms with van der Waals surface area (Å²) in [5, 5.41) is 21.2. The number of allylic oxidation sites excluding steroid dienone is 3. The van der Waals surface area contributed by atoms with E-state index in [0.717, 1.165) is 30.2 Å². The van der Waals surface area contributed by atoms with Gasteiger partial charge in [-0.15, -0.1) is 0 Å². The molecule has 33 heavy (non-hydrogen) atoms. The fourth-order valence-corrected chi connectivity index (χ4v) is 3.48. The molecule has 1 aromatic carbocycles. The molecule has 0 aromatic heterocycles. The van der Waals surface area contributed by atoms with Crippen LogP contribution in [-0.2, 0) is 20.4 Å². The lowest BCUT2D eigenvalue weighted by molar-refractivity contribution is -0.112. The number of nitrogens with one attached hydrogen (secondary N) is 2. The first-order valence-electron chi connectivity index (χ1n) is 10.9. The van der Waals surface area contributed by atoms with Crippen molar-refractivity contribution in [2.24, 2.45) is 0 Å². The average molecular weight is 455 g/mol. The average Bonchev–Trinajstić information content (AvgIpc) is 2.73. The maximum atomic E-state index is 13.1. The van der Waals surface area contributed by atoms with Gasteiger partial charge in [-0.25, -0.2) is 4.79 Å². The predicted molar refractivity (Wildman–Crippen MR) is 130 cm³/mol. The van der Waals surface area contributed by atoms with Crippen LogP contribution in [0.25, 0.3) is 0 Å². The summed E-state index contributed by atoms with van der Waals surface area (Å²) in [6.07, 6.45) is 7.05. The van der Waals surface area contributed by atoms with Crippen molar-refractivity contribution in [2.45, 2.75) is 65.2 Å². The smallest absolute Gasteiger partial charge is 0.506 e. The number of hydrogen-bond donors (Lipinski definition) is 3. The minimum absolute atomic E-state index is 0.164. The van der Waals surface area contributed by atoms with Crippen LogP contribution < -0.4 is 10.1 Å². The summed E-state index contributed by atoms with van der Waals surface area (Å²) in [6.45, 7) is 12.0. The number of amides is 1. The van der Waals surface area contributed by atoms with E-state index in [2.05, 4.69) is 10.1 Å². The number of aliphatic hydroxyl groups excluding tert-OH is 1. The van der Waals surface area contributed by atoms with Crippen molar-refractivity contribution >= 4 is 24.0 Å². The predicted octanol–water partition coefficient (Wildman–Crippen LogP) is 6.10. The Morgan fingerprint density at radius 3 is 2.18 bits per heavy atom. The van der Waals surface area contributed by atoms with Crippen LogP contribution in [0.2, 0.25) is 0 Å². The van der Waals surface area contributed by atoms with Crippen molar-refractivity contribution in [1.82, 2.24) is 0 Å². The van der Waals surface area contributed by atoms with E-state index in [1.54, 1.807) is 12.1 Å². The molecule has 0 spiro atoms. The van der Waals surface area contributed by atoms with Gasteiger partial charge in [0.25, 0.3) is 5.91 Å². The number of anilines is 1. The number of methoxy groups -OCH3 is 1. The molecule has 3 N–H and O–H groups in total. The van der Waals surface area contributed by atoms with E-state index in [0.29, 0.717) is 11.3 Å². The third kappa shape index (κ3) is 6.34. The molecule has 0 saturated carbocycles. The van der Waals surface area contributed by atoms with Gasteiger partial charge in [0.1, 0.15) is 11.5 Å². The molecule has 7 heteroatoms. The van der Waals surface area contributed by atoms with Gasteiger partial charge in [0.05, 0.1) is 12.7 Å². The van der Waals surface area contributed by atoms with Gasteiger partial charge in [0, 0.05) is 29.1 Å². The van der Waals surface area contributed by atoms with Crippen LogP contribution in [0.15, 0.2) is 47.3 Å². The van der Waals surface area contributed by atoms with E-state index < -0.39 is 12.1 Å². The van der Waals surface area contributed by atoms with Crippen molar-refractivity contribution in [2.75, 3.05) is 12.4 Å². The second kappa shape index (κ2) is 10.1. The highest BCUT2D eigenvalue weighted by atomic mass is 16.7. The molecule has 2 rings (SSSR count). The van der Waals surface area contributed by atoms with Crippen LogP contribution in [0.1, 0.15) is 65.5 Å². The third-order valence-corrected chi connectivity index (χ3v) is 5.26. The fraction of sp³-hybridized carbons (Fsp3) is 0.423. The Morgan fingerprint density at radius 2 is 1.70 bits per heavy atom. The largest absolute Gasteiger partial charge is 0.513 e. The quantitative estimate of drug-likeness (QED) is 0.164. The zero-order chi connectivity index (χ0) is 25.0. The van der Waals surface area contributed by atoms with Gasteiger partial charge in [-0.05, 0) is 35.3 Å². The minimum atomic E-state index is -0.866. The first-order valence-corrected chi connectivity index (χ1v) is 10.9. The summed E-state index contributed by atoms with van der Waals surface area (Å²) < 4.78 is 10.1. The van der Waals surface area contributed by atoms with Gasteiger partial charge in [0.15, 0.2) is 0 Å². The van der Waals surface area contributed by atoms with Gasteiger partial charge < -0.3 is 25.3 Å². The first-order chi connectivity index (χ1) is 15.3. The van der Waals surface area contributed by atoms with Crippen LogP contribution in [0.5, 0.6) is 5.75 Å². The number of rotatable bonds is 5. The lowest BCUT2D eigenvalue weighted by Gasteiger charge is -2.29. The van der Waals surface area contributed by atoms with Crippen LogP contribution >= 0.6 is 0 Å². The summed E-state index contributed by atoms with van der Waals surface area (Å²) in [6, 6.07) is 3.50. The van der Waals surface area contributed by atoms with Crippen molar-refractivity contribution < 1.29 is 24.2 Å². The topological polar surface area (TPSA) is 109 Å². The van der Waals surface area contributed by atoms with E-state index >= 15 is 0 Å². The molecule has 0 aliphatic heterocycles. The summed E-state index contributed by atoms with van der Waals surface area (Å²) in [7, 11) is 1.23. The molecule has 7 nitrogen and oxygen atoms in total. The maximum absolute atomic E-state index is 13.1. The van der Waals surface area contributed by atoms with Gasteiger partial charge in [-0.1, -0.05) is 59.8 Å². The van der Waals surface area contributed by atoms with E-state index in [4.69, 9.17) is 10.1 Å². The number of aliphatic hydroxyl groups is 1. The molecule has 1 amide bonds. The highest BCUT2D eigenvalue weighted by molar-refractivity contribution is 6.18. The molecule has 0 saturated heterocycles. The molecule has 0 radical (unpaired) electrons.